The fourth-order valence-electron chi connectivity index (χ4n) is 1.74. The Morgan fingerprint density at radius 3 is 2.65 bits per heavy atom. The number of benzene rings is 2. The monoisotopic (exact) mass is 286 g/mol. The van der Waals surface area contributed by atoms with Crippen molar-refractivity contribution in [3.63, 3.8) is 0 Å². The molecule has 0 fully saturated rings. The Hall–Kier alpha value is -1.94. The first-order chi connectivity index (χ1) is 9.65. The largest absolute Gasteiger partial charge is 0.399 e. The molecule has 2 rings (SSSR count). The zero-order valence-electron chi connectivity index (χ0n) is 11.4. The Labute approximate surface area is 123 Å². The lowest BCUT2D eigenvalue weighted by Crippen LogP contribution is -2.11. The van der Waals surface area contributed by atoms with E-state index in [-0.39, 0.29) is 5.91 Å². The van der Waals surface area contributed by atoms with Crippen LogP contribution in [0.3, 0.4) is 0 Å². The summed E-state index contributed by atoms with van der Waals surface area (Å²) in [6.07, 6.45) is 0.489. The number of thioether (sulfide) groups is 1. The Morgan fingerprint density at radius 2 is 1.95 bits per heavy atom. The SMILES string of the molecule is Cc1cc(SCCC(=O)Nc2ccccc2)ccc1N. The van der Waals surface area contributed by atoms with Gasteiger partial charge in [0, 0.05) is 28.4 Å². The molecule has 3 N–H and O–H groups in total. The smallest absolute Gasteiger partial charge is 0.225 e. The highest BCUT2D eigenvalue weighted by Crippen LogP contribution is 2.23. The van der Waals surface area contributed by atoms with E-state index in [9.17, 15) is 4.79 Å². The number of nitrogens with one attached hydrogen (secondary N) is 1. The zero-order chi connectivity index (χ0) is 14.4. The molecule has 0 aliphatic heterocycles. The third-order valence-corrected chi connectivity index (χ3v) is 3.89. The average molecular weight is 286 g/mol. The lowest BCUT2D eigenvalue weighted by Gasteiger charge is -2.06. The van der Waals surface area contributed by atoms with Crippen LogP contribution in [0.15, 0.2) is 53.4 Å². The van der Waals surface area contributed by atoms with E-state index in [0.29, 0.717) is 6.42 Å². The summed E-state index contributed by atoms with van der Waals surface area (Å²) in [5, 5.41) is 2.88. The van der Waals surface area contributed by atoms with Gasteiger partial charge in [-0.1, -0.05) is 18.2 Å². The maximum absolute atomic E-state index is 11.8. The van der Waals surface area contributed by atoms with Crippen molar-refractivity contribution in [1.82, 2.24) is 0 Å². The van der Waals surface area contributed by atoms with Crippen molar-refractivity contribution >= 4 is 29.0 Å². The molecule has 1 amide bonds. The normalized spacial score (nSPS) is 10.2. The molecular formula is C16H18N2OS. The number of carbonyl (C=O) groups excluding carboxylic acids is 1. The Bertz CT molecular complexity index is 584. The molecular weight excluding hydrogens is 268 g/mol. The Kier molecular flexibility index (Phi) is 5.07. The number of anilines is 2. The topological polar surface area (TPSA) is 55.1 Å². The summed E-state index contributed by atoms with van der Waals surface area (Å²) in [6, 6.07) is 15.4. The number of nitrogen functional groups attached to an aromatic ring is 1. The number of amides is 1. The van der Waals surface area contributed by atoms with Crippen LogP contribution in [0.25, 0.3) is 0 Å². The third-order valence-electron chi connectivity index (χ3n) is 2.90. The van der Waals surface area contributed by atoms with E-state index in [1.54, 1.807) is 11.8 Å². The predicted octanol–water partition coefficient (Wildman–Crippen LogP) is 3.70. The highest BCUT2D eigenvalue weighted by Gasteiger charge is 2.03. The van der Waals surface area contributed by atoms with Crippen LogP contribution >= 0.6 is 11.8 Å². The van der Waals surface area contributed by atoms with Crippen LogP contribution in [0.4, 0.5) is 11.4 Å². The first-order valence-electron chi connectivity index (χ1n) is 6.49. The Balaban J connectivity index is 1.78. The summed E-state index contributed by atoms with van der Waals surface area (Å²) in [4.78, 5) is 12.9. The fourth-order valence-corrected chi connectivity index (χ4v) is 2.69. The molecule has 0 spiro atoms. The quantitative estimate of drug-likeness (QED) is 0.651. The summed E-state index contributed by atoms with van der Waals surface area (Å²) < 4.78 is 0. The second kappa shape index (κ2) is 7.01. The number of rotatable bonds is 5. The lowest BCUT2D eigenvalue weighted by molar-refractivity contribution is -0.115. The third kappa shape index (κ3) is 4.31. The maximum atomic E-state index is 11.8. The molecule has 4 heteroatoms. The number of aryl methyl sites for hydroxylation is 1. The van der Waals surface area contributed by atoms with Gasteiger partial charge in [-0.15, -0.1) is 11.8 Å². The van der Waals surface area contributed by atoms with Crippen LogP contribution in [0.5, 0.6) is 0 Å². The molecule has 0 aromatic heterocycles. The first-order valence-corrected chi connectivity index (χ1v) is 7.47. The summed E-state index contributed by atoms with van der Waals surface area (Å²) in [5.41, 5.74) is 8.49. The molecule has 0 saturated carbocycles. The number of nitrogens with two attached hydrogens (primary N) is 1. The molecule has 0 aliphatic carbocycles. The van der Waals surface area contributed by atoms with Crippen LogP contribution in [-0.2, 0) is 4.79 Å². The van der Waals surface area contributed by atoms with Gasteiger partial charge in [0.2, 0.25) is 5.91 Å². The molecule has 20 heavy (non-hydrogen) atoms. The van der Waals surface area contributed by atoms with E-state index in [2.05, 4.69) is 11.4 Å². The van der Waals surface area contributed by atoms with Gasteiger partial charge in [0.15, 0.2) is 0 Å². The van der Waals surface area contributed by atoms with Crippen molar-refractivity contribution in [2.24, 2.45) is 0 Å². The summed E-state index contributed by atoms with van der Waals surface area (Å²) >= 11 is 1.67. The summed E-state index contributed by atoms with van der Waals surface area (Å²) in [7, 11) is 0. The number of para-hydroxylation sites is 1. The zero-order valence-corrected chi connectivity index (χ0v) is 12.2. The summed E-state index contributed by atoms with van der Waals surface area (Å²) in [6.45, 7) is 1.99. The van der Waals surface area contributed by atoms with E-state index in [4.69, 9.17) is 5.73 Å². The van der Waals surface area contributed by atoms with Crippen LogP contribution in [0.2, 0.25) is 0 Å². The van der Waals surface area contributed by atoms with E-state index < -0.39 is 0 Å². The van der Waals surface area contributed by atoms with Gasteiger partial charge in [0.1, 0.15) is 0 Å². The van der Waals surface area contributed by atoms with Gasteiger partial charge in [-0.05, 0) is 42.8 Å². The van der Waals surface area contributed by atoms with Crippen molar-refractivity contribution in [2.45, 2.75) is 18.2 Å². The van der Waals surface area contributed by atoms with E-state index in [0.717, 1.165) is 27.6 Å². The van der Waals surface area contributed by atoms with Gasteiger partial charge in [-0.25, -0.2) is 0 Å². The van der Waals surface area contributed by atoms with Gasteiger partial charge >= 0.3 is 0 Å². The molecule has 0 atom stereocenters. The molecule has 2 aromatic rings. The highest BCUT2D eigenvalue weighted by molar-refractivity contribution is 7.99. The standard InChI is InChI=1S/C16H18N2OS/c1-12-11-14(7-8-15(12)17)20-10-9-16(19)18-13-5-3-2-4-6-13/h2-8,11H,9-10,17H2,1H3,(H,18,19). The van der Waals surface area contributed by atoms with E-state index in [1.807, 2.05) is 49.4 Å². The van der Waals surface area contributed by atoms with Crippen molar-refractivity contribution in [2.75, 3.05) is 16.8 Å². The summed E-state index contributed by atoms with van der Waals surface area (Å²) in [5.74, 6) is 0.790. The van der Waals surface area contributed by atoms with E-state index in [1.165, 1.54) is 0 Å². The van der Waals surface area contributed by atoms with Crippen molar-refractivity contribution < 1.29 is 4.79 Å². The average Bonchev–Trinajstić information content (AvgIpc) is 2.44. The number of hydrogen-bond acceptors (Lipinski definition) is 3. The second-order valence-corrected chi connectivity index (χ2v) is 5.70. The van der Waals surface area contributed by atoms with Gasteiger partial charge in [-0.3, -0.25) is 4.79 Å². The number of hydrogen-bond donors (Lipinski definition) is 2. The predicted molar refractivity (Wildman–Crippen MR) is 86.0 cm³/mol. The molecule has 104 valence electrons. The number of carbonyl (C=O) groups is 1. The fraction of sp³-hybridized carbons (Fsp3) is 0.188. The molecule has 0 heterocycles. The molecule has 0 saturated heterocycles. The molecule has 3 nitrogen and oxygen atoms in total. The van der Waals surface area contributed by atoms with Crippen molar-refractivity contribution in [1.29, 1.82) is 0 Å². The van der Waals surface area contributed by atoms with Gasteiger partial charge in [0.05, 0.1) is 0 Å². The van der Waals surface area contributed by atoms with Crippen LogP contribution in [-0.4, -0.2) is 11.7 Å². The first kappa shape index (κ1) is 14.5. The van der Waals surface area contributed by atoms with Crippen LogP contribution in [0, 0.1) is 6.92 Å². The molecule has 0 unspecified atom stereocenters. The van der Waals surface area contributed by atoms with Crippen molar-refractivity contribution in [3.8, 4) is 0 Å². The molecule has 0 bridgehead atoms. The minimum absolute atomic E-state index is 0.0378. The van der Waals surface area contributed by atoms with Crippen molar-refractivity contribution in [3.05, 3.63) is 54.1 Å². The van der Waals surface area contributed by atoms with Crippen LogP contribution in [0.1, 0.15) is 12.0 Å². The lowest BCUT2D eigenvalue weighted by atomic mass is 10.2. The van der Waals surface area contributed by atoms with Gasteiger partial charge in [0.25, 0.3) is 0 Å². The minimum Gasteiger partial charge on any atom is -0.399 e. The highest BCUT2D eigenvalue weighted by atomic mass is 32.2. The Morgan fingerprint density at radius 1 is 1.20 bits per heavy atom. The van der Waals surface area contributed by atoms with Crippen LogP contribution < -0.4 is 11.1 Å². The van der Waals surface area contributed by atoms with Gasteiger partial charge in [-0.2, -0.15) is 0 Å². The minimum atomic E-state index is 0.0378. The van der Waals surface area contributed by atoms with E-state index >= 15 is 0 Å². The molecule has 0 aliphatic rings. The molecule has 2 aromatic carbocycles. The maximum Gasteiger partial charge on any atom is 0.225 e. The second-order valence-electron chi connectivity index (χ2n) is 4.53. The van der Waals surface area contributed by atoms with Gasteiger partial charge < -0.3 is 11.1 Å². The molecule has 0 radical (unpaired) electrons.